The maximum absolute atomic E-state index is 14.2. The zero-order chi connectivity index (χ0) is 73.0. The number of aromatic hydroxyl groups is 1. The fourth-order valence-corrected chi connectivity index (χ4v) is 9.45. The standard InChI is InChI=1S/C29H25F4N3O4.C26H23BF4N4O4.C13H25BBrNO4/c1-28(2,3)40-27(38)36-26-34-23(18-11-13-22(37)14-12-18)16-24(35-26)39-25(29(31,32)33)19-9-7-17(8-10-19)20-5-4-6-21(30)15-20;28-19-3-1-2-18(12-19)15-4-6-17(7-5-15)24(26(29,30)31)39-23-13-21(34-25(33)35-23)16-8-10-20(11-9-16)38-14-22(32)27(36)37;1-11(2,3)18-10(17)16-9(8-15)14-19-12(4,5)13(6,7)20-14/h4-16,25,37H,1-3H3,(H,34,35,36,38);1-13,22,24,36-37H,14,32H2,(H2,33,34,35);9H,8H2,1-7H3,(H,16,17). The quantitative estimate of drug-likeness (QED) is 0.0239. The monoisotopic (exact) mass is 1450 g/mol. The van der Waals surface area contributed by atoms with Gasteiger partial charge in [-0.3, -0.25) is 5.32 Å². The molecular formula is C68H73B2BrF8N8O12. The van der Waals surface area contributed by atoms with Crippen molar-refractivity contribution in [2.45, 2.75) is 128 Å². The maximum Gasteiger partial charge on any atom is 0.482 e. The number of hydrogen-bond acceptors (Lipinski definition) is 18. The highest BCUT2D eigenvalue weighted by molar-refractivity contribution is 9.09. The minimum Gasteiger partial charge on any atom is -0.508 e. The number of carbonyl (C=O) groups excluding carboxylic acids is 2. The Morgan fingerprint density at radius 1 is 0.596 bits per heavy atom. The van der Waals surface area contributed by atoms with Crippen LogP contribution >= 0.6 is 15.9 Å². The number of anilines is 2. The predicted molar refractivity (Wildman–Crippen MR) is 360 cm³/mol. The summed E-state index contributed by atoms with van der Waals surface area (Å²) in [5, 5.41) is 33.3. The summed E-state index contributed by atoms with van der Waals surface area (Å²) in [5.74, 6) is -3.42. The van der Waals surface area contributed by atoms with Crippen LogP contribution in [0.25, 0.3) is 44.8 Å². The average molecular weight is 1450 g/mol. The van der Waals surface area contributed by atoms with Crippen LogP contribution in [0.1, 0.15) is 92.6 Å². The van der Waals surface area contributed by atoms with Crippen LogP contribution in [0.4, 0.5) is 56.6 Å². The van der Waals surface area contributed by atoms with Gasteiger partial charge in [0.2, 0.25) is 35.9 Å². The molecule has 526 valence electrons. The first-order valence-corrected chi connectivity index (χ1v) is 31.5. The molecule has 20 nitrogen and oxygen atoms in total. The van der Waals surface area contributed by atoms with Crippen molar-refractivity contribution in [2.24, 2.45) is 5.73 Å². The number of alkyl carbamates (subject to hydrolysis) is 1. The van der Waals surface area contributed by atoms with E-state index in [0.717, 1.165) is 0 Å². The molecule has 9 N–H and O–H groups in total. The SMILES string of the molecule is CC(C)(C)OC(=O)NC(CBr)B1OC(C)(C)C(C)(C)O1.CC(C)(C)OC(=O)Nc1nc(OC(c2ccc(-c3cccc(F)c3)cc2)C(F)(F)F)cc(-c2ccc(O)cc2)n1.Nc1nc(OC(c2ccc(-c3cccc(F)c3)cc2)C(F)(F)F)cc(-c2ccc(OCC(N)B(O)O)cc2)n1. The van der Waals surface area contributed by atoms with Crippen LogP contribution in [-0.4, -0.2) is 120 Å². The van der Waals surface area contributed by atoms with E-state index in [-0.39, 0.29) is 52.7 Å². The predicted octanol–water partition coefficient (Wildman–Crippen LogP) is 14.5. The van der Waals surface area contributed by atoms with E-state index in [1.165, 1.54) is 121 Å². The zero-order valence-electron chi connectivity index (χ0n) is 55.3. The van der Waals surface area contributed by atoms with E-state index in [9.17, 15) is 49.8 Å². The van der Waals surface area contributed by atoms with Crippen molar-refractivity contribution in [1.82, 2.24) is 25.3 Å². The Hall–Kier alpha value is -9.13. The molecule has 1 saturated heterocycles. The van der Waals surface area contributed by atoms with Gasteiger partial charge < -0.3 is 64.9 Å². The van der Waals surface area contributed by atoms with E-state index in [0.29, 0.717) is 44.5 Å². The van der Waals surface area contributed by atoms with Gasteiger partial charge in [-0.25, -0.2) is 28.3 Å². The number of nitrogen functional groups attached to an aromatic ring is 1. The molecule has 1 aliphatic rings. The van der Waals surface area contributed by atoms with Gasteiger partial charge in [-0.05, 0) is 164 Å². The van der Waals surface area contributed by atoms with Gasteiger partial charge in [-0.1, -0.05) is 88.7 Å². The Morgan fingerprint density at radius 3 is 1.44 bits per heavy atom. The highest BCUT2D eigenvalue weighted by Gasteiger charge is 2.54. The van der Waals surface area contributed by atoms with Crippen molar-refractivity contribution in [1.29, 1.82) is 0 Å². The maximum atomic E-state index is 14.2. The number of nitrogens with one attached hydrogen (secondary N) is 2. The first-order valence-electron chi connectivity index (χ1n) is 30.4. The molecule has 4 unspecified atom stereocenters. The molecule has 0 radical (unpaired) electrons. The van der Waals surface area contributed by atoms with Gasteiger partial charge in [0.15, 0.2) is 0 Å². The second-order valence-electron chi connectivity index (χ2n) is 25.3. The van der Waals surface area contributed by atoms with Crippen molar-refractivity contribution in [2.75, 3.05) is 23.0 Å². The van der Waals surface area contributed by atoms with Gasteiger partial charge in [0.05, 0.1) is 34.5 Å². The Morgan fingerprint density at radius 2 is 1.02 bits per heavy atom. The van der Waals surface area contributed by atoms with E-state index in [1.54, 1.807) is 57.2 Å². The van der Waals surface area contributed by atoms with Crippen LogP contribution < -0.4 is 36.3 Å². The number of phenolic OH excluding ortho intramolecular Hbond substituents is 1. The minimum absolute atomic E-state index is 0.0276. The Balaban J connectivity index is 0.000000221. The number of halogens is 9. The third-order valence-electron chi connectivity index (χ3n) is 14.5. The van der Waals surface area contributed by atoms with Crippen LogP contribution in [-0.2, 0) is 18.8 Å². The normalized spacial score (nSPS) is 14.7. The first-order chi connectivity index (χ1) is 46.1. The molecule has 3 heterocycles. The number of hydrogen-bond donors (Lipinski definition) is 7. The number of benzene rings is 6. The van der Waals surface area contributed by atoms with Crippen LogP contribution in [0.15, 0.2) is 158 Å². The second kappa shape index (κ2) is 32.2. The largest absolute Gasteiger partial charge is 0.508 e. The van der Waals surface area contributed by atoms with Crippen LogP contribution in [0.5, 0.6) is 23.3 Å². The van der Waals surface area contributed by atoms with E-state index in [4.69, 9.17) is 54.5 Å². The lowest BCUT2D eigenvalue weighted by Gasteiger charge is -2.32. The summed E-state index contributed by atoms with van der Waals surface area (Å²) in [6.45, 7) is 18.2. The lowest BCUT2D eigenvalue weighted by atomic mass is 9.80. The molecule has 99 heavy (non-hydrogen) atoms. The zero-order valence-corrected chi connectivity index (χ0v) is 56.8. The molecule has 4 atom stereocenters. The van der Waals surface area contributed by atoms with E-state index in [1.807, 2.05) is 48.5 Å². The van der Waals surface area contributed by atoms with E-state index < -0.39 is 103 Å². The molecule has 1 fully saturated rings. The second-order valence-corrected chi connectivity index (χ2v) is 26.0. The minimum atomic E-state index is -4.84. The molecule has 31 heteroatoms. The molecule has 2 amide bonds. The van der Waals surface area contributed by atoms with Crippen LogP contribution in [0.2, 0.25) is 0 Å². The summed E-state index contributed by atoms with van der Waals surface area (Å²) in [5.41, 5.74) is 11.9. The highest BCUT2D eigenvalue weighted by Crippen LogP contribution is 2.41. The lowest BCUT2D eigenvalue weighted by Crippen LogP contribution is -2.50. The van der Waals surface area contributed by atoms with Gasteiger partial charge in [0.25, 0.3) is 0 Å². The van der Waals surface area contributed by atoms with Crippen molar-refractivity contribution in [3.05, 3.63) is 180 Å². The van der Waals surface area contributed by atoms with Crippen LogP contribution in [0.3, 0.4) is 0 Å². The molecule has 0 spiro atoms. The van der Waals surface area contributed by atoms with Crippen molar-refractivity contribution in [3.63, 3.8) is 0 Å². The third-order valence-corrected chi connectivity index (χ3v) is 15.2. The van der Waals surface area contributed by atoms with E-state index in [2.05, 4.69) is 46.5 Å². The topological polar surface area (TPSA) is 287 Å². The van der Waals surface area contributed by atoms with E-state index >= 15 is 0 Å². The van der Waals surface area contributed by atoms with Gasteiger partial charge in [-0.2, -0.15) is 36.3 Å². The molecule has 6 aromatic carbocycles. The summed E-state index contributed by atoms with van der Waals surface area (Å²) >= 11 is 3.38. The van der Waals surface area contributed by atoms with Gasteiger partial charge in [0.1, 0.15) is 40.9 Å². The molecule has 9 rings (SSSR count). The lowest BCUT2D eigenvalue weighted by molar-refractivity contribution is -0.199. The highest BCUT2D eigenvalue weighted by atomic mass is 79.9. The molecule has 2 aromatic heterocycles. The molecular weight excluding hydrogens is 1370 g/mol. The molecule has 0 bridgehead atoms. The summed E-state index contributed by atoms with van der Waals surface area (Å²) in [4.78, 5) is 40.2. The van der Waals surface area contributed by atoms with Gasteiger partial charge in [-0.15, -0.1) is 0 Å². The number of aromatic nitrogens is 4. The number of alkyl halides is 7. The Kier molecular flexibility index (Phi) is 25.2. The Bertz CT molecular complexity index is 3990. The van der Waals surface area contributed by atoms with Gasteiger partial charge >= 0.3 is 38.8 Å². The molecule has 0 saturated carbocycles. The summed E-state index contributed by atoms with van der Waals surface area (Å²) < 4.78 is 150. The smallest absolute Gasteiger partial charge is 0.482 e. The molecule has 0 aliphatic carbocycles. The fourth-order valence-electron chi connectivity index (χ4n) is 8.98. The fraction of sp³-hybridized carbons (Fsp3) is 0.324. The van der Waals surface area contributed by atoms with Crippen molar-refractivity contribution in [3.8, 4) is 68.0 Å². The Labute approximate surface area is 575 Å². The molecule has 8 aromatic rings. The third kappa shape index (κ3) is 23.0. The number of carbonyl (C=O) groups is 2. The van der Waals surface area contributed by atoms with Crippen molar-refractivity contribution < 1.29 is 92.9 Å². The summed E-state index contributed by atoms with van der Waals surface area (Å²) in [6, 6.07) is 36.5. The number of nitrogens with two attached hydrogens (primary N) is 2. The number of ether oxygens (including phenoxy) is 5. The van der Waals surface area contributed by atoms with Crippen molar-refractivity contribution >= 4 is 54.2 Å². The number of rotatable bonds is 18. The number of nitrogens with zero attached hydrogens (tertiary/aromatic N) is 4. The summed E-state index contributed by atoms with van der Waals surface area (Å²) in [7, 11) is -2.24. The average Bonchev–Trinajstić information content (AvgIpc) is 1.71. The first kappa shape index (κ1) is 77.2. The number of amides is 2. The number of phenols is 1. The summed E-state index contributed by atoms with van der Waals surface area (Å²) in [6.07, 6.45) is -15.8. The van der Waals surface area contributed by atoms with Gasteiger partial charge in [0, 0.05) is 39.7 Å². The van der Waals surface area contributed by atoms with Crippen LogP contribution in [0, 0.1) is 11.6 Å². The molecule has 1 aliphatic heterocycles.